The predicted molar refractivity (Wildman–Crippen MR) is 133 cm³/mol. The molecule has 0 aromatic heterocycles. The van der Waals surface area contributed by atoms with Crippen molar-refractivity contribution in [2.75, 3.05) is 0 Å². The Morgan fingerprint density at radius 1 is 0.548 bits per heavy atom. The second-order valence-electron chi connectivity index (χ2n) is 13.1. The van der Waals surface area contributed by atoms with Crippen LogP contribution in [-0.4, -0.2) is 0 Å². The third-order valence-corrected chi connectivity index (χ3v) is 8.98. The first-order valence-corrected chi connectivity index (χ1v) is 12.8. The third-order valence-electron chi connectivity index (χ3n) is 8.98. The van der Waals surface area contributed by atoms with Gasteiger partial charge in [0, 0.05) is 0 Å². The molecule has 2 saturated carbocycles. The molecular weight excluding hydrogens is 372 g/mol. The van der Waals surface area contributed by atoms with Crippen molar-refractivity contribution >= 4 is 0 Å². The van der Waals surface area contributed by atoms with Gasteiger partial charge >= 0.3 is 0 Å². The Hall–Kier alpha value is -1.56. The molecule has 2 spiro atoms. The Morgan fingerprint density at radius 3 is 1.29 bits per heavy atom. The summed E-state index contributed by atoms with van der Waals surface area (Å²) in [6.07, 6.45) is 12.7. The summed E-state index contributed by atoms with van der Waals surface area (Å²) in [5, 5.41) is 0. The van der Waals surface area contributed by atoms with Gasteiger partial charge in [-0.15, -0.1) is 0 Å². The first-order valence-electron chi connectivity index (χ1n) is 12.8. The molecule has 0 nitrogen and oxygen atoms in total. The maximum Gasteiger partial charge on any atom is -0.00403 e. The van der Waals surface area contributed by atoms with E-state index in [1.165, 1.54) is 57.8 Å². The topological polar surface area (TPSA) is 0 Å². The molecule has 0 aliphatic heterocycles. The smallest absolute Gasteiger partial charge is 0.00403 e. The molecule has 0 heterocycles. The van der Waals surface area contributed by atoms with Gasteiger partial charge in [0.05, 0.1) is 0 Å². The Labute approximate surface area is 190 Å². The highest BCUT2D eigenvalue weighted by molar-refractivity contribution is 5.50. The summed E-state index contributed by atoms with van der Waals surface area (Å²) in [7, 11) is 0. The monoisotopic (exact) mass is 414 g/mol. The van der Waals surface area contributed by atoms with Gasteiger partial charge in [0.15, 0.2) is 0 Å². The van der Waals surface area contributed by atoms with E-state index in [-0.39, 0.29) is 0 Å². The molecule has 0 N–H and O–H groups in total. The molecule has 4 aliphatic rings. The van der Waals surface area contributed by atoms with Crippen molar-refractivity contribution in [1.29, 1.82) is 0 Å². The van der Waals surface area contributed by atoms with Crippen molar-refractivity contribution in [3.8, 4) is 0 Å². The Morgan fingerprint density at radius 2 is 0.968 bits per heavy atom. The number of hydrogen-bond donors (Lipinski definition) is 0. The molecule has 2 aromatic carbocycles. The molecule has 2 fully saturated rings. The van der Waals surface area contributed by atoms with Crippen molar-refractivity contribution in [1.82, 2.24) is 0 Å². The van der Waals surface area contributed by atoms with Crippen LogP contribution in [0.25, 0.3) is 0 Å². The molecule has 0 amide bonds. The SMILES string of the molecule is CC(C)(C)c1cccc2c1CCC21CC1.CC(C)(C)c1cccc2c1CCC21CCC1. The first-order chi connectivity index (χ1) is 14.6. The van der Waals surface area contributed by atoms with Gasteiger partial charge < -0.3 is 0 Å². The number of hydrogen-bond acceptors (Lipinski definition) is 0. The van der Waals surface area contributed by atoms with Gasteiger partial charge in [0.25, 0.3) is 0 Å². The second kappa shape index (κ2) is 6.97. The van der Waals surface area contributed by atoms with Crippen molar-refractivity contribution in [2.45, 2.75) is 121 Å². The molecule has 0 unspecified atom stereocenters. The summed E-state index contributed by atoms with van der Waals surface area (Å²) in [4.78, 5) is 0. The number of fused-ring (bicyclic) bond motifs is 4. The van der Waals surface area contributed by atoms with Gasteiger partial charge in [-0.2, -0.15) is 0 Å². The van der Waals surface area contributed by atoms with Gasteiger partial charge in [-0.1, -0.05) is 84.4 Å². The van der Waals surface area contributed by atoms with Crippen LogP contribution in [0.1, 0.15) is 120 Å². The van der Waals surface area contributed by atoms with Crippen LogP contribution in [0.15, 0.2) is 36.4 Å². The summed E-state index contributed by atoms with van der Waals surface area (Å²) in [6, 6.07) is 14.0. The predicted octanol–water partition coefficient (Wildman–Crippen LogP) is 8.31. The lowest BCUT2D eigenvalue weighted by molar-refractivity contribution is 0.244. The van der Waals surface area contributed by atoms with Crippen molar-refractivity contribution in [2.24, 2.45) is 0 Å². The van der Waals surface area contributed by atoms with Crippen molar-refractivity contribution in [3.63, 3.8) is 0 Å². The Kier molecular flexibility index (Phi) is 4.79. The zero-order valence-corrected chi connectivity index (χ0v) is 20.8. The van der Waals surface area contributed by atoms with E-state index in [2.05, 4.69) is 77.9 Å². The minimum absolute atomic E-state index is 0.306. The number of benzene rings is 2. The molecule has 0 atom stereocenters. The lowest BCUT2D eigenvalue weighted by Crippen LogP contribution is -2.31. The van der Waals surface area contributed by atoms with Crippen LogP contribution in [0.4, 0.5) is 0 Å². The molecule has 0 radical (unpaired) electrons. The standard InChI is InChI=1S/C16H22.C15H20/c1-15(2,3)13-6-4-7-14-12(13)8-11-16(14)9-5-10-16;1-14(2,3)12-5-4-6-13-11(12)7-8-15(13)9-10-15/h4,6-7H,5,8-11H2,1-3H3;4-6H,7-10H2,1-3H3. The Bertz CT molecular complexity index is 984. The fourth-order valence-corrected chi connectivity index (χ4v) is 6.90. The van der Waals surface area contributed by atoms with E-state index >= 15 is 0 Å². The van der Waals surface area contributed by atoms with Gasteiger partial charge in [-0.05, 0) is 106 Å². The maximum absolute atomic E-state index is 2.40. The van der Waals surface area contributed by atoms with Gasteiger partial charge in [-0.3, -0.25) is 0 Å². The Balaban J connectivity index is 0.000000132. The van der Waals surface area contributed by atoms with Gasteiger partial charge in [-0.25, -0.2) is 0 Å². The maximum atomic E-state index is 2.40. The average Bonchev–Trinajstić information content (AvgIpc) is 3.20. The van der Waals surface area contributed by atoms with E-state index in [1.807, 2.05) is 0 Å². The van der Waals surface area contributed by atoms with Crippen LogP contribution in [0.5, 0.6) is 0 Å². The summed E-state index contributed by atoms with van der Waals surface area (Å²) in [5.74, 6) is 0. The van der Waals surface area contributed by atoms with E-state index < -0.39 is 0 Å². The molecule has 0 heteroatoms. The van der Waals surface area contributed by atoms with E-state index in [9.17, 15) is 0 Å². The minimum Gasteiger partial charge on any atom is -0.0617 e. The minimum atomic E-state index is 0.306. The van der Waals surface area contributed by atoms with Crippen LogP contribution in [-0.2, 0) is 34.5 Å². The molecule has 0 bridgehead atoms. The largest absolute Gasteiger partial charge is 0.0617 e. The molecular formula is C31H42. The lowest BCUT2D eigenvalue weighted by atomic mass is 9.65. The van der Waals surface area contributed by atoms with Crippen LogP contribution in [0.3, 0.4) is 0 Å². The summed E-state index contributed by atoms with van der Waals surface area (Å²) in [5.41, 5.74) is 11.8. The zero-order chi connectivity index (χ0) is 22.1. The highest BCUT2D eigenvalue weighted by atomic mass is 14.5. The lowest BCUT2D eigenvalue weighted by Gasteiger charge is -2.39. The number of rotatable bonds is 0. The van der Waals surface area contributed by atoms with E-state index in [0.717, 1.165) is 0 Å². The van der Waals surface area contributed by atoms with Gasteiger partial charge in [0.1, 0.15) is 0 Å². The first kappa shape index (κ1) is 21.3. The normalized spacial score (nSPS) is 21.9. The molecule has 4 aliphatic carbocycles. The molecule has 0 saturated heterocycles. The zero-order valence-electron chi connectivity index (χ0n) is 20.8. The van der Waals surface area contributed by atoms with E-state index in [4.69, 9.17) is 0 Å². The highest BCUT2D eigenvalue weighted by Crippen LogP contribution is 2.58. The summed E-state index contributed by atoms with van der Waals surface area (Å²) < 4.78 is 0. The van der Waals surface area contributed by atoms with Crippen LogP contribution in [0.2, 0.25) is 0 Å². The highest BCUT2D eigenvalue weighted by Gasteiger charge is 2.49. The summed E-state index contributed by atoms with van der Waals surface area (Å²) in [6.45, 7) is 14.0. The van der Waals surface area contributed by atoms with Crippen LogP contribution >= 0.6 is 0 Å². The van der Waals surface area contributed by atoms with E-state index in [1.54, 1.807) is 33.4 Å². The summed E-state index contributed by atoms with van der Waals surface area (Å²) >= 11 is 0. The second-order valence-corrected chi connectivity index (χ2v) is 13.1. The molecule has 166 valence electrons. The fourth-order valence-electron chi connectivity index (χ4n) is 6.90. The third kappa shape index (κ3) is 3.49. The van der Waals surface area contributed by atoms with Gasteiger partial charge in [0.2, 0.25) is 0 Å². The molecule has 31 heavy (non-hydrogen) atoms. The van der Waals surface area contributed by atoms with Crippen molar-refractivity contribution in [3.05, 3.63) is 69.8 Å². The average molecular weight is 415 g/mol. The molecule has 6 rings (SSSR count). The molecule has 2 aromatic rings. The van der Waals surface area contributed by atoms with Crippen molar-refractivity contribution < 1.29 is 0 Å². The van der Waals surface area contributed by atoms with E-state index in [0.29, 0.717) is 21.7 Å². The van der Waals surface area contributed by atoms with Crippen LogP contribution < -0.4 is 0 Å². The fraction of sp³-hybridized carbons (Fsp3) is 0.613. The van der Waals surface area contributed by atoms with Crippen LogP contribution in [0, 0.1) is 0 Å². The quantitative estimate of drug-likeness (QED) is 0.406.